The van der Waals surface area contributed by atoms with Gasteiger partial charge < -0.3 is 10.1 Å². The molecule has 0 unspecified atom stereocenters. The summed E-state index contributed by atoms with van der Waals surface area (Å²) in [6.07, 6.45) is -1.67. The Morgan fingerprint density at radius 3 is 2.41 bits per heavy atom. The second-order valence-electron chi connectivity index (χ2n) is 8.38. The first-order valence-electron chi connectivity index (χ1n) is 10.9. The Hall–Kier alpha value is -3.00. The van der Waals surface area contributed by atoms with Gasteiger partial charge in [0.05, 0.1) is 11.4 Å². The molecule has 3 heterocycles. The van der Waals surface area contributed by atoms with Gasteiger partial charge in [0.25, 0.3) is 0 Å². The van der Waals surface area contributed by atoms with Crippen LogP contribution in [0.3, 0.4) is 0 Å². The fraction of sp³-hybridized carbons (Fsp3) is 0.375. The fourth-order valence-electron chi connectivity index (χ4n) is 4.71. The zero-order valence-electron chi connectivity index (χ0n) is 17.6. The molecule has 0 spiro atoms. The summed E-state index contributed by atoms with van der Waals surface area (Å²) in [4.78, 5) is 2.49. The molecule has 168 valence electrons. The molecular formula is C24H25F3N4O. The molecule has 1 N–H and O–H groups in total. The first-order valence-corrected chi connectivity index (χ1v) is 10.9. The van der Waals surface area contributed by atoms with E-state index in [1.807, 2.05) is 10.7 Å². The molecule has 2 aromatic carbocycles. The number of aromatic nitrogens is 2. The maximum absolute atomic E-state index is 12.5. The van der Waals surface area contributed by atoms with Crippen molar-refractivity contribution in [1.82, 2.24) is 14.7 Å². The molecule has 5 rings (SSSR count). The minimum absolute atomic E-state index is 0.232. The van der Waals surface area contributed by atoms with Gasteiger partial charge in [-0.3, -0.25) is 4.90 Å². The first-order chi connectivity index (χ1) is 15.5. The molecule has 1 fully saturated rings. The van der Waals surface area contributed by atoms with Crippen LogP contribution in [0.15, 0.2) is 54.6 Å². The molecular weight excluding hydrogens is 417 g/mol. The van der Waals surface area contributed by atoms with E-state index in [-0.39, 0.29) is 5.75 Å². The van der Waals surface area contributed by atoms with Crippen molar-refractivity contribution in [2.45, 2.75) is 38.1 Å². The number of nitrogens with zero attached hydrogens (tertiary/aromatic N) is 3. The molecule has 0 aliphatic carbocycles. The van der Waals surface area contributed by atoms with Gasteiger partial charge in [-0.25, -0.2) is 4.68 Å². The van der Waals surface area contributed by atoms with Crippen molar-refractivity contribution in [3.8, 4) is 11.4 Å². The van der Waals surface area contributed by atoms with Gasteiger partial charge in [-0.05, 0) is 62.2 Å². The Morgan fingerprint density at radius 2 is 1.72 bits per heavy atom. The van der Waals surface area contributed by atoms with Gasteiger partial charge in [0.1, 0.15) is 11.6 Å². The minimum Gasteiger partial charge on any atom is -0.406 e. The van der Waals surface area contributed by atoms with Crippen molar-refractivity contribution in [3.63, 3.8) is 0 Å². The summed E-state index contributed by atoms with van der Waals surface area (Å²) in [6.45, 7) is 3.87. The first kappa shape index (κ1) is 20.9. The highest BCUT2D eigenvalue weighted by Crippen LogP contribution is 2.37. The summed E-state index contributed by atoms with van der Waals surface area (Å²) in [5.74, 6) is 1.12. The monoisotopic (exact) mass is 442 g/mol. The predicted molar refractivity (Wildman–Crippen MR) is 116 cm³/mol. The molecule has 1 aromatic heterocycles. The van der Waals surface area contributed by atoms with E-state index in [1.54, 1.807) is 12.1 Å². The number of piperidine rings is 1. The smallest absolute Gasteiger partial charge is 0.406 e. The lowest BCUT2D eigenvalue weighted by atomic mass is 9.90. The van der Waals surface area contributed by atoms with Crippen molar-refractivity contribution in [1.29, 1.82) is 0 Å². The highest BCUT2D eigenvalue weighted by atomic mass is 19.4. The average Bonchev–Trinajstić information content (AvgIpc) is 3.38. The van der Waals surface area contributed by atoms with Gasteiger partial charge in [0.2, 0.25) is 0 Å². The Balaban J connectivity index is 1.31. The van der Waals surface area contributed by atoms with Gasteiger partial charge >= 0.3 is 6.36 Å². The maximum atomic E-state index is 12.5. The van der Waals surface area contributed by atoms with Crippen LogP contribution in [0.25, 0.3) is 5.69 Å². The number of rotatable bonds is 5. The molecule has 0 bridgehead atoms. The van der Waals surface area contributed by atoms with Crippen LogP contribution in [0, 0.1) is 0 Å². The molecule has 0 saturated carbocycles. The van der Waals surface area contributed by atoms with Crippen LogP contribution >= 0.6 is 0 Å². The number of fused-ring (bicyclic) bond motifs is 1. The van der Waals surface area contributed by atoms with E-state index in [4.69, 9.17) is 5.10 Å². The maximum Gasteiger partial charge on any atom is 0.573 e. The number of nitrogens with one attached hydrogen (secondary N) is 1. The number of hydrogen-bond acceptors (Lipinski definition) is 4. The number of hydrogen-bond donors (Lipinski definition) is 1. The Labute approximate surface area is 184 Å². The van der Waals surface area contributed by atoms with Crippen molar-refractivity contribution in [2.75, 3.05) is 25.0 Å². The Bertz CT molecular complexity index is 1060. The van der Waals surface area contributed by atoms with Gasteiger partial charge in [0, 0.05) is 24.6 Å². The van der Waals surface area contributed by atoms with Crippen LogP contribution in [0.5, 0.6) is 5.75 Å². The summed E-state index contributed by atoms with van der Waals surface area (Å²) < 4.78 is 43.2. The number of ether oxygens (including phenoxy) is 1. The van der Waals surface area contributed by atoms with Crippen LogP contribution < -0.4 is 10.1 Å². The lowest BCUT2D eigenvalue weighted by molar-refractivity contribution is -0.274. The molecule has 5 nitrogen and oxygen atoms in total. The lowest BCUT2D eigenvalue weighted by Crippen LogP contribution is -2.32. The quantitative estimate of drug-likeness (QED) is 0.596. The van der Waals surface area contributed by atoms with Crippen molar-refractivity contribution < 1.29 is 17.9 Å². The van der Waals surface area contributed by atoms with Gasteiger partial charge in [-0.2, -0.15) is 5.10 Å². The van der Waals surface area contributed by atoms with E-state index in [1.165, 1.54) is 23.3 Å². The summed E-state index contributed by atoms with van der Waals surface area (Å²) in [5, 5.41) is 8.31. The van der Waals surface area contributed by atoms with Crippen LogP contribution in [0.4, 0.5) is 19.0 Å². The van der Waals surface area contributed by atoms with Crippen LogP contribution in [-0.4, -0.2) is 40.7 Å². The number of anilines is 1. The van der Waals surface area contributed by atoms with Crippen LogP contribution in [0.1, 0.15) is 35.6 Å². The summed E-state index contributed by atoms with van der Waals surface area (Å²) in [5.41, 5.74) is 4.42. The van der Waals surface area contributed by atoms with E-state index in [0.717, 1.165) is 62.6 Å². The second kappa shape index (κ2) is 8.50. The van der Waals surface area contributed by atoms with Crippen molar-refractivity contribution >= 4 is 5.82 Å². The summed E-state index contributed by atoms with van der Waals surface area (Å²) in [7, 11) is 0. The fourth-order valence-corrected chi connectivity index (χ4v) is 4.71. The summed E-state index contributed by atoms with van der Waals surface area (Å²) >= 11 is 0. The minimum atomic E-state index is -4.70. The van der Waals surface area contributed by atoms with Crippen molar-refractivity contribution in [3.05, 3.63) is 71.4 Å². The molecule has 2 aliphatic rings. The van der Waals surface area contributed by atoms with Crippen LogP contribution in [-0.2, 0) is 13.0 Å². The molecule has 1 saturated heterocycles. The third kappa shape index (κ3) is 4.46. The van der Waals surface area contributed by atoms with E-state index in [0.29, 0.717) is 5.92 Å². The van der Waals surface area contributed by atoms with Gasteiger partial charge in [-0.15, -0.1) is 13.2 Å². The molecule has 0 amide bonds. The number of benzene rings is 2. The molecule has 3 aromatic rings. The lowest BCUT2D eigenvalue weighted by Gasteiger charge is -2.31. The van der Waals surface area contributed by atoms with E-state index >= 15 is 0 Å². The van der Waals surface area contributed by atoms with Gasteiger partial charge in [-0.1, -0.05) is 30.3 Å². The van der Waals surface area contributed by atoms with E-state index < -0.39 is 6.36 Å². The zero-order valence-corrected chi connectivity index (χ0v) is 17.6. The van der Waals surface area contributed by atoms with Gasteiger partial charge in [0.15, 0.2) is 0 Å². The summed E-state index contributed by atoms with van der Waals surface area (Å²) in [6, 6.07) is 16.4. The Kier molecular flexibility index (Phi) is 5.55. The standard InChI is InChI=1S/C24H25F3N4O/c25-24(26,27)32-20-8-6-19(7-9-20)31-23-21(10-13-28-23)22(29-31)18-11-14-30(15-12-18)16-17-4-2-1-3-5-17/h1-9,18,28H,10-16H2. The van der Waals surface area contributed by atoms with E-state index in [2.05, 4.69) is 39.2 Å². The number of halogens is 3. The third-order valence-electron chi connectivity index (χ3n) is 6.22. The molecule has 2 aliphatic heterocycles. The van der Waals surface area contributed by atoms with Crippen molar-refractivity contribution in [2.24, 2.45) is 0 Å². The SMILES string of the molecule is FC(F)(F)Oc1ccc(-n2nc(C3CCN(Cc4ccccc4)CC3)c3c2NCC3)cc1. The topological polar surface area (TPSA) is 42.3 Å². The third-order valence-corrected chi connectivity index (χ3v) is 6.22. The highest BCUT2D eigenvalue weighted by Gasteiger charge is 2.32. The normalized spacial score (nSPS) is 17.2. The van der Waals surface area contributed by atoms with E-state index in [9.17, 15) is 13.2 Å². The largest absolute Gasteiger partial charge is 0.573 e. The highest BCUT2D eigenvalue weighted by molar-refractivity contribution is 5.58. The molecule has 8 heteroatoms. The Morgan fingerprint density at radius 1 is 1.00 bits per heavy atom. The average molecular weight is 442 g/mol. The number of alkyl halides is 3. The molecule has 0 atom stereocenters. The number of likely N-dealkylation sites (tertiary alicyclic amines) is 1. The predicted octanol–water partition coefficient (Wildman–Crippen LogP) is 5.12. The second-order valence-corrected chi connectivity index (χ2v) is 8.38. The molecule has 0 radical (unpaired) electrons. The van der Waals surface area contributed by atoms with Crippen LogP contribution in [0.2, 0.25) is 0 Å². The molecule has 32 heavy (non-hydrogen) atoms. The zero-order chi connectivity index (χ0) is 22.1.